The third-order valence-electron chi connectivity index (χ3n) is 4.03. The second-order valence-corrected chi connectivity index (χ2v) is 7.29. The number of hydrogen-bond donors (Lipinski definition) is 2. The summed E-state index contributed by atoms with van der Waals surface area (Å²) in [6.07, 6.45) is 1.48. The van der Waals surface area contributed by atoms with Crippen LogP contribution in [0.3, 0.4) is 0 Å². The Kier molecular flexibility index (Phi) is 6.26. The summed E-state index contributed by atoms with van der Waals surface area (Å²) in [6.45, 7) is -0.0820. The van der Waals surface area contributed by atoms with E-state index in [1.165, 1.54) is 21.6 Å². The molecule has 4 nitrogen and oxygen atoms in total. The van der Waals surface area contributed by atoms with Gasteiger partial charge in [-0.2, -0.15) is 5.06 Å². The largest absolute Gasteiger partial charge is 0.350 e. The van der Waals surface area contributed by atoms with Crippen LogP contribution in [-0.2, 0) is 12.8 Å². The Labute approximate surface area is 162 Å². The van der Waals surface area contributed by atoms with E-state index in [9.17, 15) is 4.79 Å². The van der Waals surface area contributed by atoms with E-state index in [4.69, 9.17) is 10.9 Å². The molecule has 0 fully saturated rings. The fourth-order valence-electron chi connectivity index (χ4n) is 2.62. The van der Waals surface area contributed by atoms with E-state index in [1.54, 1.807) is 11.3 Å². The lowest BCUT2D eigenvalue weighted by Gasteiger charge is -2.05. The molecule has 27 heavy (non-hydrogen) atoms. The molecule has 0 atom stereocenters. The third kappa shape index (κ3) is 5.45. The number of hydrogen-bond acceptors (Lipinski definition) is 3. The Morgan fingerprint density at radius 3 is 2.30 bits per heavy atom. The molecule has 0 unspecified atom stereocenters. The van der Waals surface area contributed by atoms with E-state index in [2.05, 4.69) is 60.4 Å². The summed E-state index contributed by atoms with van der Waals surface area (Å²) in [7, 11) is 0. The molecule has 1 aromatic heterocycles. The van der Waals surface area contributed by atoms with Crippen LogP contribution in [0.4, 0.5) is 4.79 Å². The summed E-state index contributed by atoms with van der Waals surface area (Å²) in [5.74, 6) is 5.67. The Morgan fingerprint density at radius 2 is 1.59 bits per heavy atom. The molecule has 0 bridgehead atoms. The minimum Gasteiger partial charge on any atom is -0.350 e. The summed E-state index contributed by atoms with van der Waals surface area (Å²) >= 11 is 1.72. The number of carbonyl (C=O) groups is 1. The SMILES string of the molecule is NC(=O)N(O)CC#CCc1ccc(Cc2ccc(-c3ccccc3)cc2)s1. The number of carbonyl (C=O) groups excluding carboxylic acids is 1. The molecular formula is C22H20N2O2S. The fourth-order valence-corrected chi connectivity index (χ4v) is 3.61. The van der Waals surface area contributed by atoms with Crippen LogP contribution in [0, 0.1) is 11.8 Å². The standard InChI is InChI=1S/C22H20N2O2S/c23-22(25)24(26)15-5-4-8-20-13-14-21(27-20)16-17-9-11-19(12-10-17)18-6-2-1-3-7-18/h1-3,6-7,9-14,26H,8,15-16H2,(H2,23,25). The first-order valence-electron chi connectivity index (χ1n) is 8.55. The number of benzene rings is 2. The van der Waals surface area contributed by atoms with E-state index in [0.29, 0.717) is 11.5 Å². The van der Waals surface area contributed by atoms with Gasteiger partial charge in [-0.15, -0.1) is 11.3 Å². The number of rotatable bonds is 5. The van der Waals surface area contributed by atoms with Crippen LogP contribution < -0.4 is 5.73 Å². The number of primary amides is 1. The van der Waals surface area contributed by atoms with Crippen molar-refractivity contribution < 1.29 is 10.0 Å². The predicted octanol–water partition coefficient (Wildman–Crippen LogP) is 4.32. The molecule has 3 N–H and O–H groups in total. The molecular weight excluding hydrogens is 356 g/mol. The molecule has 5 heteroatoms. The van der Waals surface area contributed by atoms with Crippen LogP contribution in [0.5, 0.6) is 0 Å². The Balaban J connectivity index is 1.56. The predicted molar refractivity (Wildman–Crippen MR) is 109 cm³/mol. The second kappa shape index (κ2) is 9.04. The quantitative estimate of drug-likeness (QED) is 0.396. The molecule has 3 rings (SSSR count). The zero-order valence-corrected chi connectivity index (χ0v) is 15.6. The Hall–Kier alpha value is -3.07. The van der Waals surface area contributed by atoms with Gasteiger partial charge in [-0.25, -0.2) is 4.79 Å². The van der Waals surface area contributed by atoms with E-state index < -0.39 is 6.03 Å². The first-order chi connectivity index (χ1) is 13.1. The van der Waals surface area contributed by atoms with Gasteiger partial charge < -0.3 is 5.73 Å². The number of thiophene rings is 1. The third-order valence-corrected chi connectivity index (χ3v) is 5.11. The minimum atomic E-state index is -0.902. The van der Waals surface area contributed by atoms with E-state index >= 15 is 0 Å². The van der Waals surface area contributed by atoms with Crippen LogP contribution in [0.2, 0.25) is 0 Å². The van der Waals surface area contributed by atoms with Crippen LogP contribution >= 0.6 is 11.3 Å². The van der Waals surface area contributed by atoms with Gasteiger partial charge in [-0.1, -0.05) is 66.4 Å². The second-order valence-electron chi connectivity index (χ2n) is 6.03. The van der Waals surface area contributed by atoms with Gasteiger partial charge in [0, 0.05) is 22.6 Å². The highest BCUT2D eigenvalue weighted by Gasteiger charge is 2.03. The zero-order chi connectivity index (χ0) is 19.1. The van der Waals surface area contributed by atoms with Gasteiger partial charge in [0.1, 0.15) is 6.54 Å². The van der Waals surface area contributed by atoms with Gasteiger partial charge in [0.05, 0.1) is 0 Å². The fraction of sp³-hybridized carbons (Fsp3) is 0.136. The average Bonchev–Trinajstić information content (AvgIpc) is 3.13. The lowest BCUT2D eigenvalue weighted by atomic mass is 10.0. The molecule has 0 spiro atoms. The van der Waals surface area contributed by atoms with Gasteiger partial charge in [0.15, 0.2) is 0 Å². The maximum Gasteiger partial charge on any atom is 0.339 e. The minimum absolute atomic E-state index is 0.0820. The topological polar surface area (TPSA) is 66.6 Å². The summed E-state index contributed by atoms with van der Waals surface area (Å²) in [5.41, 5.74) is 8.63. The molecule has 0 aliphatic carbocycles. The van der Waals surface area contributed by atoms with E-state index in [0.717, 1.165) is 11.3 Å². The summed E-state index contributed by atoms with van der Waals surface area (Å²) in [4.78, 5) is 13.1. The summed E-state index contributed by atoms with van der Waals surface area (Å²) in [6, 6.07) is 22.3. The molecule has 2 amide bonds. The van der Waals surface area contributed by atoms with E-state index in [-0.39, 0.29) is 6.54 Å². The van der Waals surface area contributed by atoms with E-state index in [1.807, 2.05) is 18.2 Å². The Morgan fingerprint density at radius 1 is 0.926 bits per heavy atom. The highest BCUT2D eigenvalue weighted by molar-refractivity contribution is 7.12. The average molecular weight is 376 g/mol. The van der Waals surface area contributed by atoms with Gasteiger partial charge in [0.25, 0.3) is 0 Å². The maximum absolute atomic E-state index is 10.7. The van der Waals surface area contributed by atoms with Crippen LogP contribution in [0.15, 0.2) is 66.7 Å². The zero-order valence-electron chi connectivity index (χ0n) is 14.8. The molecule has 2 aromatic carbocycles. The molecule has 1 heterocycles. The highest BCUT2D eigenvalue weighted by atomic mass is 32.1. The lowest BCUT2D eigenvalue weighted by molar-refractivity contribution is -0.0269. The van der Waals surface area contributed by atoms with Crippen molar-refractivity contribution in [3.05, 3.63) is 82.0 Å². The smallest absolute Gasteiger partial charge is 0.339 e. The summed E-state index contributed by atoms with van der Waals surface area (Å²) < 4.78 is 0. The number of urea groups is 1. The number of amides is 2. The maximum atomic E-state index is 10.7. The highest BCUT2D eigenvalue weighted by Crippen LogP contribution is 2.23. The van der Waals surface area contributed by atoms with Crippen molar-refractivity contribution in [2.45, 2.75) is 12.8 Å². The van der Waals surface area contributed by atoms with Crippen LogP contribution in [-0.4, -0.2) is 22.8 Å². The van der Waals surface area contributed by atoms with Gasteiger partial charge in [-0.05, 0) is 28.8 Å². The first-order valence-corrected chi connectivity index (χ1v) is 9.37. The first kappa shape index (κ1) is 18.7. The Bertz CT molecular complexity index is 953. The van der Waals surface area contributed by atoms with Crippen molar-refractivity contribution >= 4 is 17.4 Å². The molecule has 136 valence electrons. The van der Waals surface area contributed by atoms with Crippen molar-refractivity contribution in [2.75, 3.05) is 6.54 Å². The van der Waals surface area contributed by atoms with Gasteiger partial charge >= 0.3 is 6.03 Å². The monoisotopic (exact) mass is 376 g/mol. The van der Waals surface area contributed by atoms with Crippen molar-refractivity contribution in [2.24, 2.45) is 5.73 Å². The van der Waals surface area contributed by atoms with Crippen molar-refractivity contribution in [1.82, 2.24) is 5.06 Å². The number of nitrogens with two attached hydrogens (primary N) is 1. The van der Waals surface area contributed by atoms with Crippen LogP contribution in [0.1, 0.15) is 15.3 Å². The van der Waals surface area contributed by atoms with Crippen LogP contribution in [0.25, 0.3) is 11.1 Å². The number of hydroxylamine groups is 2. The van der Waals surface area contributed by atoms with Crippen molar-refractivity contribution in [3.63, 3.8) is 0 Å². The summed E-state index contributed by atoms with van der Waals surface area (Å²) in [5, 5.41) is 9.54. The molecule has 0 radical (unpaired) electrons. The number of nitrogens with zero attached hydrogens (tertiary/aromatic N) is 1. The van der Waals surface area contributed by atoms with Gasteiger partial charge in [-0.3, -0.25) is 5.21 Å². The lowest BCUT2D eigenvalue weighted by Crippen LogP contribution is -2.32. The van der Waals surface area contributed by atoms with Crippen molar-refractivity contribution in [3.8, 4) is 23.0 Å². The molecule has 0 aliphatic rings. The molecule has 0 saturated heterocycles. The molecule has 3 aromatic rings. The van der Waals surface area contributed by atoms with Gasteiger partial charge in [0.2, 0.25) is 0 Å². The molecule has 0 aliphatic heterocycles. The molecule has 0 saturated carbocycles. The van der Waals surface area contributed by atoms with Crippen molar-refractivity contribution in [1.29, 1.82) is 0 Å². The normalized spacial score (nSPS) is 10.1.